The summed E-state index contributed by atoms with van der Waals surface area (Å²) in [4.78, 5) is 12.0. The van der Waals surface area contributed by atoms with E-state index in [1.165, 1.54) is 16.3 Å². The van der Waals surface area contributed by atoms with E-state index in [0.717, 1.165) is 12.1 Å². The Kier molecular flexibility index (Phi) is 4.43. The Morgan fingerprint density at radius 3 is 2.67 bits per heavy atom. The molecule has 0 bridgehead atoms. The maximum atomic E-state index is 12.0. The topological polar surface area (TPSA) is 29.1 Å². The van der Waals surface area contributed by atoms with Crippen LogP contribution in [0.2, 0.25) is 0 Å². The maximum absolute atomic E-state index is 12.0. The summed E-state index contributed by atoms with van der Waals surface area (Å²) in [5.41, 5.74) is 2.31. The Hall–Kier alpha value is -1.97. The number of benzene rings is 2. The summed E-state index contributed by atoms with van der Waals surface area (Å²) >= 11 is 1.68. The molecule has 0 unspecified atom stereocenters. The van der Waals surface area contributed by atoms with E-state index >= 15 is 0 Å². The van der Waals surface area contributed by atoms with E-state index in [-0.39, 0.29) is 5.78 Å². The van der Waals surface area contributed by atoms with Crippen LogP contribution in [-0.4, -0.2) is 12.3 Å². The van der Waals surface area contributed by atoms with Gasteiger partial charge in [0.1, 0.15) is 0 Å². The molecule has 0 saturated heterocycles. The van der Waals surface area contributed by atoms with Crippen molar-refractivity contribution in [2.45, 2.75) is 13.0 Å². The number of nitrogens with one attached hydrogen (secondary N) is 1. The molecule has 2 aromatic carbocycles. The summed E-state index contributed by atoms with van der Waals surface area (Å²) in [6.07, 6.45) is 0.488. The highest BCUT2D eigenvalue weighted by Crippen LogP contribution is 2.16. The first kappa shape index (κ1) is 14.0. The lowest BCUT2D eigenvalue weighted by Crippen LogP contribution is -2.23. The number of ketones is 1. The van der Waals surface area contributed by atoms with Crippen molar-refractivity contribution in [2.75, 3.05) is 6.54 Å². The molecule has 0 fully saturated rings. The summed E-state index contributed by atoms with van der Waals surface area (Å²) in [7, 11) is 0. The zero-order valence-electron chi connectivity index (χ0n) is 11.7. The van der Waals surface area contributed by atoms with Gasteiger partial charge < -0.3 is 5.32 Å². The molecular weight excluding hydrogens is 278 g/mol. The molecule has 0 amide bonds. The van der Waals surface area contributed by atoms with E-state index in [1.54, 1.807) is 11.3 Å². The van der Waals surface area contributed by atoms with Gasteiger partial charge in [-0.3, -0.25) is 4.79 Å². The van der Waals surface area contributed by atoms with Crippen LogP contribution in [0.4, 0.5) is 0 Å². The summed E-state index contributed by atoms with van der Waals surface area (Å²) in [5.74, 6) is 0.223. The predicted molar refractivity (Wildman–Crippen MR) is 88.7 cm³/mol. The summed E-state index contributed by atoms with van der Waals surface area (Å²) < 4.78 is 0. The number of thiophene rings is 1. The first-order valence-electron chi connectivity index (χ1n) is 7.02. The van der Waals surface area contributed by atoms with Gasteiger partial charge in [-0.05, 0) is 38.7 Å². The lowest BCUT2D eigenvalue weighted by molar-refractivity contribution is -0.117. The van der Waals surface area contributed by atoms with Crippen molar-refractivity contribution < 1.29 is 4.79 Å². The number of carbonyl (C=O) groups excluding carboxylic acids is 1. The molecular formula is C18H17NOS. The fraction of sp³-hybridized carbons (Fsp3) is 0.167. The molecule has 3 rings (SSSR count). The van der Waals surface area contributed by atoms with Gasteiger partial charge in [0.2, 0.25) is 0 Å². The standard InChI is InChI=1S/C18H17NOS/c20-18(12-19-11-15-7-8-21-13-15)10-14-5-6-16-3-1-2-4-17(16)9-14/h1-9,13,19H,10-12H2. The van der Waals surface area contributed by atoms with Gasteiger partial charge >= 0.3 is 0 Å². The summed E-state index contributed by atoms with van der Waals surface area (Å²) in [6, 6.07) is 16.5. The largest absolute Gasteiger partial charge is 0.306 e. The van der Waals surface area contributed by atoms with Crippen molar-refractivity contribution in [1.82, 2.24) is 5.32 Å². The summed E-state index contributed by atoms with van der Waals surface area (Å²) in [6.45, 7) is 1.18. The van der Waals surface area contributed by atoms with Crippen LogP contribution in [0.3, 0.4) is 0 Å². The SMILES string of the molecule is O=C(CNCc1ccsc1)Cc1ccc2ccccc2c1. The van der Waals surface area contributed by atoms with Crippen LogP contribution in [0.1, 0.15) is 11.1 Å². The van der Waals surface area contributed by atoms with Crippen LogP contribution in [0.25, 0.3) is 10.8 Å². The van der Waals surface area contributed by atoms with Gasteiger partial charge in [0.25, 0.3) is 0 Å². The van der Waals surface area contributed by atoms with Gasteiger partial charge in [-0.2, -0.15) is 11.3 Å². The highest BCUT2D eigenvalue weighted by Gasteiger charge is 2.04. The van der Waals surface area contributed by atoms with E-state index in [2.05, 4.69) is 41.0 Å². The molecule has 0 aliphatic rings. The fourth-order valence-corrected chi connectivity index (χ4v) is 3.05. The third-order valence-corrected chi connectivity index (χ3v) is 4.18. The van der Waals surface area contributed by atoms with Crippen molar-refractivity contribution in [1.29, 1.82) is 0 Å². The van der Waals surface area contributed by atoms with Gasteiger partial charge in [-0.15, -0.1) is 0 Å². The van der Waals surface area contributed by atoms with E-state index < -0.39 is 0 Å². The number of Topliss-reactive ketones (excluding diaryl/α,β-unsaturated/α-hetero) is 1. The van der Waals surface area contributed by atoms with E-state index in [1.807, 2.05) is 23.6 Å². The average molecular weight is 295 g/mol. The lowest BCUT2D eigenvalue weighted by Gasteiger charge is -2.05. The maximum Gasteiger partial charge on any atom is 0.150 e. The highest BCUT2D eigenvalue weighted by atomic mass is 32.1. The van der Waals surface area contributed by atoms with Crippen LogP contribution < -0.4 is 5.32 Å². The lowest BCUT2D eigenvalue weighted by atomic mass is 10.0. The van der Waals surface area contributed by atoms with Gasteiger partial charge in [0.05, 0.1) is 6.54 Å². The van der Waals surface area contributed by atoms with Gasteiger partial charge in [-0.1, -0.05) is 42.5 Å². The molecule has 106 valence electrons. The van der Waals surface area contributed by atoms with Crippen molar-refractivity contribution >= 4 is 27.9 Å². The van der Waals surface area contributed by atoms with Crippen LogP contribution in [0, 0.1) is 0 Å². The third-order valence-electron chi connectivity index (χ3n) is 3.45. The molecule has 0 aliphatic heterocycles. The van der Waals surface area contributed by atoms with Gasteiger partial charge in [0, 0.05) is 13.0 Å². The number of carbonyl (C=O) groups is 1. The Bertz CT molecular complexity index is 734. The average Bonchev–Trinajstić information content (AvgIpc) is 3.00. The normalized spacial score (nSPS) is 10.9. The number of rotatable bonds is 6. The van der Waals surface area contributed by atoms with Crippen molar-refractivity contribution in [3.05, 3.63) is 70.4 Å². The number of hydrogen-bond donors (Lipinski definition) is 1. The zero-order valence-corrected chi connectivity index (χ0v) is 12.5. The van der Waals surface area contributed by atoms with Crippen molar-refractivity contribution in [3.63, 3.8) is 0 Å². The van der Waals surface area contributed by atoms with Crippen molar-refractivity contribution in [3.8, 4) is 0 Å². The van der Waals surface area contributed by atoms with E-state index in [9.17, 15) is 4.79 Å². The highest BCUT2D eigenvalue weighted by molar-refractivity contribution is 7.07. The molecule has 2 nitrogen and oxygen atoms in total. The zero-order chi connectivity index (χ0) is 14.5. The second-order valence-electron chi connectivity index (χ2n) is 5.13. The number of fused-ring (bicyclic) bond motifs is 1. The first-order valence-corrected chi connectivity index (χ1v) is 7.97. The Balaban J connectivity index is 1.55. The van der Waals surface area contributed by atoms with E-state index in [0.29, 0.717) is 13.0 Å². The minimum Gasteiger partial charge on any atom is -0.306 e. The Labute approximate surface area is 128 Å². The molecule has 3 heteroatoms. The molecule has 0 saturated carbocycles. The van der Waals surface area contributed by atoms with Crippen LogP contribution >= 0.6 is 11.3 Å². The molecule has 1 aromatic heterocycles. The number of hydrogen-bond acceptors (Lipinski definition) is 3. The van der Waals surface area contributed by atoms with Crippen LogP contribution in [0.5, 0.6) is 0 Å². The predicted octanol–water partition coefficient (Wildman–Crippen LogP) is 3.80. The smallest absolute Gasteiger partial charge is 0.150 e. The van der Waals surface area contributed by atoms with Crippen LogP contribution in [-0.2, 0) is 17.8 Å². The van der Waals surface area contributed by atoms with Gasteiger partial charge in [0.15, 0.2) is 5.78 Å². The molecule has 1 heterocycles. The monoisotopic (exact) mass is 295 g/mol. The second-order valence-corrected chi connectivity index (χ2v) is 5.91. The van der Waals surface area contributed by atoms with Crippen molar-refractivity contribution in [2.24, 2.45) is 0 Å². The molecule has 3 aromatic rings. The molecule has 1 N–H and O–H groups in total. The minimum absolute atomic E-state index is 0.223. The van der Waals surface area contributed by atoms with Gasteiger partial charge in [-0.25, -0.2) is 0 Å². The van der Waals surface area contributed by atoms with Crippen LogP contribution in [0.15, 0.2) is 59.3 Å². The fourth-order valence-electron chi connectivity index (χ4n) is 2.38. The third kappa shape index (κ3) is 3.78. The quantitative estimate of drug-likeness (QED) is 0.749. The Morgan fingerprint density at radius 2 is 1.86 bits per heavy atom. The van der Waals surface area contributed by atoms with E-state index in [4.69, 9.17) is 0 Å². The molecule has 0 aliphatic carbocycles. The second kappa shape index (κ2) is 6.66. The molecule has 0 spiro atoms. The summed E-state index contributed by atoms with van der Waals surface area (Å²) in [5, 5.41) is 9.75. The molecule has 0 atom stereocenters. The Morgan fingerprint density at radius 1 is 1.00 bits per heavy atom. The molecule has 21 heavy (non-hydrogen) atoms. The minimum atomic E-state index is 0.223. The first-order chi connectivity index (χ1) is 10.3. The molecule has 0 radical (unpaired) electrons.